The Morgan fingerprint density at radius 3 is 2.93 bits per heavy atom. The van der Waals surface area contributed by atoms with Crippen LogP contribution in [-0.4, -0.2) is 19.6 Å². The van der Waals surface area contributed by atoms with Crippen molar-refractivity contribution in [2.75, 3.05) is 18.5 Å². The third-order valence-electron chi connectivity index (χ3n) is 3.93. The molecule has 3 rings (SSSR count). The van der Waals surface area contributed by atoms with E-state index in [1.165, 1.54) is 6.07 Å². The number of nitrogens with two attached hydrogens (primary N) is 1. The predicted octanol–water partition coefficient (Wildman–Crippen LogP) is 1.63. The maximum atomic E-state index is 13.3. The van der Waals surface area contributed by atoms with Crippen molar-refractivity contribution in [3.63, 3.8) is 0 Å². The van der Waals surface area contributed by atoms with Crippen molar-refractivity contribution in [1.29, 1.82) is 0 Å². The number of anilines is 1. The first-order valence-electron chi connectivity index (χ1n) is 5.40. The lowest BCUT2D eigenvalue weighted by Gasteiger charge is -2.33. The fourth-order valence-corrected chi connectivity index (χ4v) is 2.79. The maximum absolute atomic E-state index is 13.3. The molecule has 0 amide bonds. The lowest BCUT2D eigenvalue weighted by atomic mass is 9.86. The molecule has 1 aliphatic carbocycles. The summed E-state index contributed by atoms with van der Waals surface area (Å²) in [5.41, 5.74) is 8.35. The molecule has 80 valence electrons. The van der Waals surface area contributed by atoms with Gasteiger partial charge >= 0.3 is 0 Å². The van der Waals surface area contributed by atoms with Gasteiger partial charge in [-0.1, -0.05) is 0 Å². The van der Waals surface area contributed by atoms with Crippen LogP contribution in [0.15, 0.2) is 18.2 Å². The molecule has 0 aromatic heterocycles. The molecule has 15 heavy (non-hydrogen) atoms. The molecule has 2 unspecified atom stereocenters. The summed E-state index contributed by atoms with van der Waals surface area (Å²) in [6, 6.07) is 5.29. The zero-order chi connectivity index (χ0) is 10.6. The maximum Gasteiger partial charge on any atom is 0.123 e. The molecule has 2 N–H and O–H groups in total. The monoisotopic (exact) mass is 206 g/mol. The number of nitrogens with zero attached hydrogens (tertiary/aromatic N) is 1. The molecule has 0 saturated heterocycles. The molecule has 1 aromatic rings. The van der Waals surface area contributed by atoms with E-state index in [1.54, 1.807) is 6.07 Å². The normalized spacial score (nSPS) is 33.0. The van der Waals surface area contributed by atoms with Gasteiger partial charge in [0.2, 0.25) is 0 Å². The molecule has 3 heteroatoms. The van der Waals surface area contributed by atoms with Crippen molar-refractivity contribution in [2.24, 2.45) is 5.73 Å². The molecule has 1 fully saturated rings. The third-order valence-corrected chi connectivity index (χ3v) is 3.93. The van der Waals surface area contributed by atoms with Crippen molar-refractivity contribution >= 4 is 5.69 Å². The molecular weight excluding hydrogens is 191 g/mol. The number of halogens is 1. The van der Waals surface area contributed by atoms with Crippen LogP contribution in [0.25, 0.3) is 0 Å². The Hall–Kier alpha value is -1.09. The Balaban J connectivity index is 2.16. The van der Waals surface area contributed by atoms with Crippen molar-refractivity contribution in [1.82, 2.24) is 0 Å². The number of hydrogen-bond donors (Lipinski definition) is 1. The minimum Gasteiger partial charge on any atom is -0.374 e. The fraction of sp³-hybridized carbons (Fsp3) is 0.500. The second-order valence-electron chi connectivity index (χ2n) is 4.80. The summed E-state index contributed by atoms with van der Waals surface area (Å²) in [6.07, 6.45) is 2.07. The quantitative estimate of drug-likeness (QED) is 0.699. The molecular formula is C12H15FN2. The van der Waals surface area contributed by atoms with E-state index in [9.17, 15) is 4.39 Å². The zero-order valence-corrected chi connectivity index (χ0v) is 8.83. The van der Waals surface area contributed by atoms with Gasteiger partial charge < -0.3 is 10.6 Å². The first kappa shape index (κ1) is 9.16. The van der Waals surface area contributed by atoms with Gasteiger partial charge in [0.1, 0.15) is 5.82 Å². The van der Waals surface area contributed by atoms with Gasteiger partial charge in [0.05, 0.1) is 0 Å². The highest BCUT2D eigenvalue weighted by Gasteiger charge is 2.55. The van der Waals surface area contributed by atoms with Gasteiger partial charge in [0, 0.05) is 30.7 Å². The number of fused-ring (bicyclic) bond motifs is 2. The van der Waals surface area contributed by atoms with Crippen molar-refractivity contribution < 1.29 is 4.39 Å². The van der Waals surface area contributed by atoms with Crippen LogP contribution in [0, 0.1) is 5.82 Å². The second kappa shape index (κ2) is 2.73. The summed E-state index contributed by atoms with van der Waals surface area (Å²) in [5, 5.41) is 0. The molecule has 1 aliphatic heterocycles. The summed E-state index contributed by atoms with van der Waals surface area (Å²) in [4.78, 5) is 2.19. The average molecular weight is 206 g/mol. The van der Waals surface area contributed by atoms with Crippen LogP contribution in [-0.2, 0) is 5.41 Å². The van der Waals surface area contributed by atoms with E-state index in [2.05, 4.69) is 11.9 Å². The Morgan fingerprint density at radius 2 is 2.27 bits per heavy atom. The number of rotatable bonds is 0. The molecule has 2 aliphatic rings. The summed E-state index contributed by atoms with van der Waals surface area (Å²) in [7, 11) is 2.05. The van der Waals surface area contributed by atoms with E-state index in [0.717, 1.165) is 30.6 Å². The standard InChI is InChI=1S/C12H15FN2/c1-15-5-4-12(7-11(12)14)9-6-8(13)2-3-10(9)15/h2-3,6,11H,4-5,7,14H2,1H3. The lowest BCUT2D eigenvalue weighted by molar-refractivity contribution is 0.554. The van der Waals surface area contributed by atoms with Crippen molar-refractivity contribution in [2.45, 2.75) is 24.3 Å². The average Bonchev–Trinajstić information content (AvgIpc) is 2.85. The minimum atomic E-state index is -0.150. The molecule has 0 radical (unpaired) electrons. The molecule has 0 bridgehead atoms. The number of benzene rings is 1. The second-order valence-corrected chi connectivity index (χ2v) is 4.80. The summed E-state index contributed by atoms with van der Waals surface area (Å²) >= 11 is 0. The van der Waals surface area contributed by atoms with Crippen LogP contribution in [0.2, 0.25) is 0 Å². The highest BCUT2D eigenvalue weighted by molar-refractivity contribution is 5.62. The fourth-order valence-electron chi connectivity index (χ4n) is 2.79. The Kier molecular flexibility index (Phi) is 1.67. The molecule has 1 aromatic carbocycles. The molecule has 2 nitrogen and oxygen atoms in total. The lowest BCUT2D eigenvalue weighted by Crippen LogP contribution is -2.34. The van der Waals surface area contributed by atoms with Crippen molar-refractivity contribution in [3.8, 4) is 0 Å². The van der Waals surface area contributed by atoms with E-state index in [-0.39, 0.29) is 17.3 Å². The van der Waals surface area contributed by atoms with Gasteiger partial charge in [0.25, 0.3) is 0 Å². The van der Waals surface area contributed by atoms with E-state index in [1.807, 2.05) is 6.07 Å². The Labute approximate surface area is 88.9 Å². The highest BCUT2D eigenvalue weighted by atomic mass is 19.1. The van der Waals surface area contributed by atoms with Gasteiger partial charge in [-0.2, -0.15) is 0 Å². The zero-order valence-electron chi connectivity index (χ0n) is 8.83. The Morgan fingerprint density at radius 1 is 1.53 bits per heavy atom. The van der Waals surface area contributed by atoms with E-state index >= 15 is 0 Å². The smallest absolute Gasteiger partial charge is 0.123 e. The molecule has 1 saturated carbocycles. The van der Waals surface area contributed by atoms with Gasteiger partial charge in [-0.3, -0.25) is 0 Å². The van der Waals surface area contributed by atoms with E-state index < -0.39 is 0 Å². The summed E-state index contributed by atoms with van der Waals surface area (Å²) in [5.74, 6) is -0.150. The molecule has 1 heterocycles. The van der Waals surface area contributed by atoms with Gasteiger partial charge in [-0.25, -0.2) is 4.39 Å². The summed E-state index contributed by atoms with van der Waals surface area (Å²) < 4.78 is 13.3. The van der Waals surface area contributed by atoms with Crippen LogP contribution in [0.4, 0.5) is 10.1 Å². The third kappa shape index (κ3) is 1.13. The van der Waals surface area contributed by atoms with Crippen LogP contribution in [0.3, 0.4) is 0 Å². The topological polar surface area (TPSA) is 29.3 Å². The van der Waals surface area contributed by atoms with Crippen LogP contribution in [0.1, 0.15) is 18.4 Å². The molecule has 1 spiro atoms. The predicted molar refractivity (Wildman–Crippen MR) is 58.6 cm³/mol. The summed E-state index contributed by atoms with van der Waals surface area (Å²) in [6.45, 7) is 1.02. The first-order valence-corrected chi connectivity index (χ1v) is 5.40. The van der Waals surface area contributed by atoms with Crippen LogP contribution < -0.4 is 10.6 Å². The van der Waals surface area contributed by atoms with Gasteiger partial charge in [-0.15, -0.1) is 0 Å². The SMILES string of the molecule is CN1CCC2(CC2N)c2cc(F)ccc21. The van der Waals surface area contributed by atoms with Gasteiger partial charge in [0.15, 0.2) is 0 Å². The highest BCUT2D eigenvalue weighted by Crippen LogP contribution is 2.55. The molecule has 2 atom stereocenters. The largest absolute Gasteiger partial charge is 0.374 e. The Bertz CT molecular complexity index is 418. The van der Waals surface area contributed by atoms with E-state index in [0.29, 0.717) is 0 Å². The van der Waals surface area contributed by atoms with Gasteiger partial charge in [-0.05, 0) is 36.6 Å². The number of hydrogen-bond acceptors (Lipinski definition) is 2. The van der Waals surface area contributed by atoms with Crippen LogP contribution >= 0.6 is 0 Å². The minimum absolute atomic E-state index is 0.0872. The van der Waals surface area contributed by atoms with Crippen molar-refractivity contribution in [3.05, 3.63) is 29.6 Å². The first-order chi connectivity index (χ1) is 7.13. The van der Waals surface area contributed by atoms with E-state index in [4.69, 9.17) is 5.73 Å². The van der Waals surface area contributed by atoms with Crippen LogP contribution in [0.5, 0.6) is 0 Å².